The fourth-order valence-electron chi connectivity index (χ4n) is 2.52. The number of ether oxygens (including phenoxy) is 1. The molecule has 0 radical (unpaired) electrons. The molecule has 3 rings (SSSR count). The summed E-state index contributed by atoms with van der Waals surface area (Å²) >= 11 is 5.65. The Morgan fingerprint density at radius 3 is 2.63 bits per heavy atom. The van der Waals surface area contributed by atoms with Crippen LogP contribution in [0, 0.1) is 0 Å². The van der Waals surface area contributed by atoms with Gasteiger partial charge in [0.25, 0.3) is 0 Å². The summed E-state index contributed by atoms with van der Waals surface area (Å²) in [6.07, 6.45) is 0. The highest BCUT2D eigenvalue weighted by atomic mass is 32.1. The molecule has 0 bridgehead atoms. The monoisotopic (exact) mass is 271 g/mol. The van der Waals surface area contributed by atoms with Crippen LogP contribution < -0.4 is 0 Å². The SMILES string of the molecule is S=C(CN1CCOCC1)c1cccc2ccccc12. The van der Waals surface area contributed by atoms with Gasteiger partial charge in [0.2, 0.25) is 0 Å². The Kier molecular flexibility index (Phi) is 3.87. The second-order valence-electron chi connectivity index (χ2n) is 4.84. The Bertz CT molecular complexity index is 585. The molecule has 0 amide bonds. The number of benzene rings is 2. The number of rotatable bonds is 3. The molecule has 98 valence electrons. The van der Waals surface area contributed by atoms with Crippen molar-refractivity contribution in [1.82, 2.24) is 4.90 Å². The molecular formula is C16H17NOS. The first kappa shape index (κ1) is 12.7. The summed E-state index contributed by atoms with van der Waals surface area (Å²) in [4.78, 5) is 3.40. The standard InChI is InChI=1S/C16H17NOS/c19-16(12-17-8-10-18-11-9-17)15-7-3-5-13-4-1-2-6-14(13)15/h1-7H,8-12H2. The topological polar surface area (TPSA) is 12.5 Å². The molecule has 0 unspecified atom stereocenters. The van der Waals surface area contributed by atoms with Crippen molar-refractivity contribution >= 4 is 27.9 Å². The van der Waals surface area contributed by atoms with Gasteiger partial charge in [-0.15, -0.1) is 0 Å². The second-order valence-corrected chi connectivity index (χ2v) is 5.33. The van der Waals surface area contributed by atoms with E-state index in [0.717, 1.165) is 37.7 Å². The summed E-state index contributed by atoms with van der Waals surface area (Å²) in [5, 5.41) is 2.51. The van der Waals surface area contributed by atoms with Crippen LogP contribution in [0.25, 0.3) is 10.8 Å². The molecule has 0 saturated carbocycles. The molecule has 2 aromatic rings. The smallest absolute Gasteiger partial charge is 0.0594 e. The van der Waals surface area contributed by atoms with E-state index in [1.807, 2.05) is 0 Å². The molecule has 0 spiro atoms. The van der Waals surface area contributed by atoms with Gasteiger partial charge in [0.15, 0.2) is 0 Å². The molecular weight excluding hydrogens is 254 g/mol. The Morgan fingerprint density at radius 1 is 1.05 bits per heavy atom. The fourth-order valence-corrected chi connectivity index (χ4v) is 2.88. The van der Waals surface area contributed by atoms with Gasteiger partial charge in [-0.2, -0.15) is 0 Å². The Labute approximate surface area is 119 Å². The van der Waals surface area contributed by atoms with E-state index >= 15 is 0 Å². The van der Waals surface area contributed by atoms with Gasteiger partial charge in [0.05, 0.1) is 13.2 Å². The third kappa shape index (κ3) is 2.84. The average Bonchev–Trinajstić information content (AvgIpc) is 2.47. The molecule has 0 aliphatic carbocycles. The van der Waals surface area contributed by atoms with Crippen LogP contribution in [0.5, 0.6) is 0 Å². The van der Waals surface area contributed by atoms with E-state index in [4.69, 9.17) is 17.0 Å². The number of nitrogens with zero attached hydrogens (tertiary/aromatic N) is 1. The molecule has 0 aromatic heterocycles. The van der Waals surface area contributed by atoms with Gasteiger partial charge in [-0.1, -0.05) is 54.7 Å². The van der Waals surface area contributed by atoms with Crippen LogP contribution in [0.1, 0.15) is 5.56 Å². The fraction of sp³-hybridized carbons (Fsp3) is 0.312. The van der Waals surface area contributed by atoms with E-state index in [1.54, 1.807) is 0 Å². The number of fused-ring (bicyclic) bond motifs is 1. The molecule has 1 saturated heterocycles. The van der Waals surface area contributed by atoms with Gasteiger partial charge in [0.1, 0.15) is 0 Å². The molecule has 0 atom stereocenters. The first-order valence-corrected chi connectivity index (χ1v) is 7.06. The lowest BCUT2D eigenvalue weighted by atomic mass is 10.0. The molecule has 19 heavy (non-hydrogen) atoms. The van der Waals surface area contributed by atoms with Crippen LogP contribution in [-0.2, 0) is 4.74 Å². The van der Waals surface area contributed by atoms with Gasteiger partial charge in [0, 0.05) is 24.5 Å². The van der Waals surface area contributed by atoms with Crippen molar-refractivity contribution in [3.63, 3.8) is 0 Å². The number of hydrogen-bond donors (Lipinski definition) is 0. The van der Waals surface area contributed by atoms with Gasteiger partial charge in [-0.25, -0.2) is 0 Å². The van der Waals surface area contributed by atoms with E-state index in [2.05, 4.69) is 47.4 Å². The van der Waals surface area contributed by atoms with Crippen molar-refractivity contribution in [3.05, 3.63) is 48.0 Å². The maximum absolute atomic E-state index is 5.65. The predicted molar refractivity (Wildman–Crippen MR) is 82.9 cm³/mol. The zero-order chi connectivity index (χ0) is 13.1. The molecule has 1 aliphatic heterocycles. The first-order valence-electron chi connectivity index (χ1n) is 6.66. The van der Waals surface area contributed by atoms with Crippen molar-refractivity contribution in [2.75, 3.05) is 32.8 Å². The van der Waals surface area contributed by atoms with Gasteiger partial charge >= 0.3 is 0 Å². The number of morpholine rings is 1. The molecule has 1 aliphatic rings. The minimum absolute atomic E-state index is 0.818. The maximum atomic E-state index is 5.65. The van der Waals surface area contributed by atoms with Crippen molar-refractivity contribution in [1.29, 1.82) is 0 Å². The lowest BCUT2D eigenvalue weighted by molar-refractivity contribution is 0.0455. The summed E-state index contributed by atoms with van der Waals surface area (Å²) < 4.78 is 5.37. The van der Waals surface area contributed by atoms with Crippen molar-refractivity contribution < 1.29 is 4.74 Å². The Balaban J connectivity index is 1.85. The number of thiocarbonyl (C=S) groups is 1. The lowest BCUT2D eigenvalue weighted by Gasteiger charge is -2.27. The van der Waals surface area contributed by atoms with E-state index < -0.39 is 0 Å². The zero-order valence-corrected chi connectivity index (χ0v) is 11.7. The van der Waals surface area contributed by atoms with E-state index in [9.17, 15) is 0 Å². The summed E-state index contributed by atoms with van der Waals surface area (Å²) in [7, 11) is 0. The summed E-state index contributed by atoms with van der Waals surface area (Å²) in [6, 6.07) is 14.8. The van der Waals surface area contributed by atoms with Crippen LogP contribution in [-0.4, -0.2) is 42.6 Å². The Morgan fingerprint density at radius 2 is 1.79 bits per heavy atom. The highest BCUT2D eigenvalue weighted by molar-refractivity contribution is 7.81. The van der Waals surface area contributed by atoms with Crippen LogP contribution in [0.4, 0.5) is 0 Å². The lowest BCUT2D eigenvalue weighted by Crippen LogP contribution is -2.39. The van der Waals surface area contributed by atoms with E-state index in [1.165, 1.54) is 16.3 Å². The molecule has 3 heteroatoms. The molecule has 1 heterocycles. The summed E-state index contributed by atoms with van der Waals surface area (Å²) in [5.41, 5.74) is 1.19. The van der Waals surface area contributed by atoms with Crippen molar-refractivity contribution in [2.24, 2.45) is 0 Å². The minimum Gasteiger partial charge on any atom is -0.379 e. The second kappa shape index (κ2) is 5.78. The Hall–Kier alpha value is -1.29. The molecule has 0 N–H and O–H groups in total. The van der Waals surface area contributed by atoms with Gasteiger partial charge in [-0.05, 0) is 16.3 Å². The third-order valence-corrected chi connectivity index (χ3v) is 3.91. The number of hydrogen-bond acceptors (Lipinski definition) is 3. The van der Waals surface area contributed by atoms with E-state index in [-0.39, 0.29) is 0 Å². The molecule has 2 aromatic carbocycles. The summed E-state index contributed by atoms with van der Waals surface area (Å²) in [6.45, 7) is 4.44. The minimum atomic E-state index is 0.818. The summed E-state index contributed by atoms with van der Waals surface area (Å²) in [5.74, 6) is 0. The molecule has 1 fully saturated rings. The van der Waals surface area contributed by atoms with Crippen LogP contribution in [0.2, 0.25) is 0 Å². The predicted octanol–water partition coefficient (Wildman–Crippen LogP) is 2.89. The largest absolute Gasteiger partial charge is 0.379 e. The average molecular weight is 271 g/mol. The van der Waals surface area contributed by atoms with E-state index in [0.29, 0.717) is 0 Å². The van der Waals surface area contributed by atoms with Crippen molar-refractivity contribution in [2.45, 2.75) is 0 Å². The van der Waals surface area contributed by atoms with Gasteiger partial charge < -0.3 is 4.74 Å². The van der Waals surface area contributed by atoms with Crippen LogP contribution >= 0.6 is 12.2 Å². The maximum Gasteiger partial charge on any atom is 0.0594 e. The quantitative estimate of drug-likeness (QED) is 0.629. The highest BCUT2D eigenvalue weighted by Gasteiger charge is 2.14. The van der Waals surface area contributed by atoms with Crippen molar-refractivity contribution in [3.8, 4) is 0 Å². The third-order valence-electron chi connectivity index (χ3n) is 3.56. The first-order chi connectivity index (χ1) is 9.34. The normalized spacial score (nSPS) is 16.6. The van der Waals surface area contributed by atoms with Gasteiger partial charge in [-0.3, -0.25) is 4.90 Å². The molecule has 2 nitrogen and oxygen atoms in total. The zero-order valence-electron chi connectivity index (χ0n) is 10.8. The van der Waals surface area contributed by atoms with Crippen LogP contribution in [0.15, 0.2) is 42.5 Å². The highest BCUT2D eigenvalue weighted by Crippen LogP contribution is 2.19. The van der Waals surface area contributed by atoms with Crippen LogP contribution in [0.3, 0.4) is 0 Å².